The molecule has 0 N–H and O–H groups in total. The van der Waals surface area contributed by atoms with E-state index < -0.39 is 9.84 Å². The van der Waals surface area contributed by atoms with Crippen LogP contribution in [0.25, 0.3) is 0 Å². The number of rotatable bonds is 13. The maximum Gasteiger partial charge on any atom is 0.204 e. The van der Waals surface area contributed by atoms with Crippen LogP contribution in [0.2, 0.25) is 0 Å². The Morgan fingerprint density at radius 3 is 2.33 bits per heavy atom. The van der Waals surface area contributed by atoms with E-state index in [4.69, 9.17) is 14.2 Å². The van der Waals surface area contributed by atoms with Gasteiger partial charge < -0.3 is 24.0 Å². The van der Waals surface area contributed by atoms with E-state index in [0.717, 1.165) is 49.7 Å². The molecular formula is C28H40N2O5S. The monoisotopic (exact) mass is 516 g/mol. The molecule has 0 atom stereocenters. The van der Waals surface area contributed by atoms with Crippen molar-refractivity contribution in [2.24, 2.45) is 5.92 Å². The average Bonchev–Trinajstić information content (AvgIpc) is 3.28. The normalized spacial score (nSPS) is 14.2. The van der Waals surface area contributed by atoms with Gasteiger partial charge >= 0.3 is 0 Å². The van der Waals surface area contributed by atoms with E-state index in [1.807, 2.05) is 33.0 Å². The lowest BCUT2D eigenvalue weighted by Gasteiger charge is -2.20. The van der Waals surface area contributed by atoms with Crippen LogP contribution in [-0.2, 0) is 16.3 Å². The second-order valence-electron chi connectivity index (χ2n) is 9.55. The minimum atomic E-state index is -3.50. The first-order valence-electron chi connectivity index (χ1n) is 12.5. The lowest BCUT2D eigenvalue weighted by Crippen LogP contribution is -2.23. The summed E-state index contributed by atoms with van der Waals surface area (Å²) in [6.07, 6.45) is 2.35. The van der Waals surface area contributed by atoms with E-state index in [1.165, 1.54) is 5.56 Å². The molecule has 0 aliphatic carbocycles. The van der Waals surface area contributed by atoms with Crippen LogP contribution in [0.15, 0.2) is 58.0 Å². The van der Waals surface area contributed by atoms with Gasteiger partial charge in [0, 0.05) is 38.8 Å². The van der Waals surface area contributed by atoms with Crippen molar-refractivity contribution in [3.05, 3.63) is 58.6 Å². The number of ether oxygens (including phenoxy) is 3. The minimum absolute atomic E-state index is 0.169. The van der Waals surface area contributed by atoms with Crippen molar-refractivity contribution >= 4 is 9.84 Å². The number of sulfone groups is 1. The topological polar surface area (TPSA) is 68.3 Å². The molecular weight excluding hydrogens is 476 g/mol. The van der Waals surface area contributed by atoms with Gasteiger partial charge in [0.15, 0.2) is 11.5 Å². The molecule has 0 fully saturated rings. The van der Waals surface area contributed by atoms with Crippen molar-refractivity contribution in [3.63, 3.8) is 0 Å². The summed E-state index contributed by atoms with van der Waals surface area (Å²) in [4.78, 5) is 5.20. The third-order valence-corrected chi connectivity index (χ3v) is 8.51. The van der Waals surface area contributed by atoms with Gasteiger partial charge in [0.2, 0.25) is 9.84 Å². The van der Waals surface area contributed by atoms with Crippen molar-refractivity contribution in [1.29, 1.82) is 0 Å². The zero-order valence-electron chi connectivity index (χ0n) is 22.4. The fourth-order valence-corrected chi connectivity index (χ4v) is 6.42. The second kappa shape index (κ2) is 12.5. The van der Waals surface area contributed by atoms with E-state index in [-0.39, 0.29) is 5.92 Å². The summed E-state index contributed by atoms with van der Waals surface area (Å²) in [5.41, 5.74) is 2.12. The zero-order chi connectivity index (χ0) is 26.3. The quantitative estimate of drug-likeness (QED) is 0.360. The summed E-state index contributed by atoms with van der Waals surface area (Å²) < 4.78 is 43.0. The molecule has 8 heteroatoms. The highest BCUT2D eigenvalue weighted by molar-refractivity contribution is 7.95. The van der Waals surface area contributed by atoms with E-state index in [9.17, 15) is 8.42 Å². The highest BCUT2D eigenvalue weighted by Crippen LogP contribution is 2.35. The Morgan fingerprint density at radius 2 is 1.69 bits per heavy atom. The molecule has 7 nitrogen and oxygen atoms in total. The van der Waals surface area contributed by atoms with Crippen molar-refractivity contribution in [1.82, 2.24) is 9.80 Å². The first kappa shape index (κ1) is 27.9. The highest BCUT2D eigenvalue weighted by Gasteiger charge is 2.31. The van der Waals surface area contributed by atoms with Crippen molar-refractivity contribution < 1.29 is 22.6 Å². The van der Waals surface area contributed by atoms with Crippen molar-refractivity contribution in [3.8, 4) is 17.2 Å². The number of nitrogens with zero attached hydrogens (tertiary/aromatic N) is 2. The van der Waals surface area contributed by atoms with Gasteiger partial charge in [-0.2, -0.15) is 0 Å². The molecule has 1 aliphatic rings. The second-order valence-corrected chi connectivity index (χ2v) is 11.5. The van der Waals surface area contributed by atoms with Gasteiger partial charge in [-0.1, -0.05) is 19.9 Å². The molecule has 3 rings (SSSR count). The number of hydrogen-bond acceptors (Lipinski definition) is 7. The number of allylic oxidation sites excluding steroid dienone is 1. The number of hydrogen-bond donors (Lipinski definition) is 0. The Hall–Kier alpha value is -2.71. The molecule has 1 heterocycles. The molecule has 0 aromatic heterocycles. The Morgan fingerprint density at radius 1 is 1.00 bits per heavy atom. The van der Waals surface area contributed by atoms with Crippen LogP contribution in [0.5, 0.6) is 17.2 Å². The minimum Gasteiger partial charge on any atom is -0.494 e. The van der Waals surface area contributed by atoms with Gasteiger partial charge in [-0.25, -0.2) is 8.42 Å². The maximum absolute atomic E-state index is 13.2. The molecule has 0 saturated heterocycles. The zero-order valence-corrected chi connectivity index (χ0v) is 23.2. The predicted molar refractivity (Wildman–Crippen MR) is 144 cm³/mol. The number of methoxy groups -OCH3 is 2. The fourth-order valence-electron chi connectivity index (χ4n) is 4.62. The van der Waals surface area contributed by atoms with Gasteiger partial charge in [0.05, 0.1) is 30.6 Å². The largest absolute Gasteiger partial charge is 0.494 e. The van der Waals surface area contributed by atoms with E-state index in [2.05, 4.69) is 22.9 Å². The van der Waals surface area contributed by atoms with Crippen LogP contribution in [0.1, 0.15) is 32.3 Å². The summed E-state index contributed by atoms with van der Waals surface area (Å²) in [6.45, 7) is 7.21. The van der Waals surface area contributed by atoms with Crippen LogP contribution in [-0.4, -0.2) is 72.8 Å². The third kappa shape index (κ3) is 6.73. The summed E-state index contributed by atoms with van der Waals surface area (Å²) in [6, 6.07) is 12.8. The van der Waals surface area contributed by atoms with Crippen LogP contribution < -0.4 is 14.2 Å². The molecule has 36 heavy (non-hydrogen) atoms. The summed E-state index contributed by atoms with van der Waals surface area (Å²) in [5.74, 6) is 2.34. The van der Waals surface area contributed by atoms with Gasteiger partial charge in [0.1, 0.15) is 5.75 Å². The standard InChI is InChI=1S/C28H40N2O5S/c1-21(2)28-27(15-18-30(28)4)36(31,32)24-11-9-23(10-12-24)35-19-7-16-29(3)17-14-22-8-13-25(33-5)26(20-22)34-6/h8-13,20-21H,7,14-19H2,1-6H3. The molecule has 0 radical (unpaired) electrons. The van der Waals surface area contributed by atoms with Crippen LogP contribution in [0.4, 0.5) is 0 Å². The van der Waals surface area contributed by atoms with Crippen molar-refractivity contribution in [2.75, 3.05) is 54.6 Å². The van der Waals surface area contributed by atoms with Crippen LogP contribution >= 0.6 is 0 Å². The first-order chi connectivity index (χ1) is 17.2. The molecule has 0 unspecified atom stereocenters. The third-order valence-electron chi connectivity index (χ3n) is 6.56. The van der Waals surface area contributed by atoms with E-state index in [0.29, 0.717) is 28.6 Å². The van der Waals surface area contributed by atoms with Gasteiger partial charge in [-0.3, -0.25) is 0 Å². The van der Waals surface area contributed by atoms with Crippen molar-refractivity contribution in [2.45, 2.75) is 38.0 Å². The Bertz CT molecular complexity index is 1140. The SMILES string of the molecule is COc1ccc(CCN(C)CCCOc2ccc(S(=O)(=O)C3=C(C(C)C)N(C)CC3)cc2)cc1OC. The molecule has 2 aromatic carbocycles. The molecule has 1 aliphatic heterocycles. The maximum atomic E-state index is 13.2. The Labute approximate surface area is 216 Å². The molecule has 198 valence electrons. The molecule has 0 spiro atoms. The van der Waals surface area contributed by atoms with E-state index >= 15 is 0 Å². The number of likely N-dealkylation sites (N-methyl/N-ethyl adjacent to an activating group) is 1. The van der Waals surface area contributed by atoms with Gasteiger partial charge in [-0.15, -0.1) is 0 Å². The predicted octanol–water partition coefficient (Wildman–Crippen LogP) is 4.62. The smallest absolute Gasteiger partial charge is 0.204 e. The Kier molecular flexibility index (Phi) is 9.68. The Balaban J connectivity index is 1.46. The summed E-state index contributed by atoms with van der Waals surface area (Å²) in [7, 11) is 3.85. The lowest BCUT2D eigenvalue weighted by molar-refractivity contribution is 0.264. The average molecular weight is 517 g/mol. The highest BCUT2D eigenvalue weighted by atomic mass is 32.2. The van der Waals surface area contributed by atoms with Crippen LogP contribution in [0, 0.1) is 5.92 Å². The lowest BCUT2D eigenvalue weighted by atomic mass is 10.1. The molecule has 0 saturated carbocycles. The van der Waals surface area contributed by atoms with Gasteiger partial charge in [0.25, 0.3) is 0 Å². The van der Waals surface area contributed by atoms with Crippen LogP contribution in [0.3, 0.4) is 0 Å². The summed E-state index contributed by atoms with van der Waals surface area (Å²) in [5, 5.41) is 0. The fraction of sp³-hybridized carbons (Fsp3) is 0.500. The summed E-state index contributed by atoms with van der Waals surface area (Å²) >= 11 is 0. The number of benzene rings is 2. The van der Waals surface area contributed by atoms with Gasteiger partial charge in [-0.05, 0) is 67.8 Å². The van der Waals surface area contributed by atoms with E-state index in [1.54, 1.807) is 38.5 Å². The molecule has 0 amide bonds. The first-order valence-corrected chi connectivity index (χ1v) is 14.0. The molecule has 2 aromatic rings. The molecule has 0 bridgehead atoms.